The molecule has 26 heavy (non-hydrogen) atoms. The third-order valence-corrected chi connectivity index (χ3v) is 5.58. The second-order valence-corrected chi connectivity index (χ2v) is 7.78. The highest BCUT2D eigenvalue weighted by Gasteiger charge is 2.35. The summed E-state index contributed by atoms with van der Waals surface area (Å²) < 4.78 is 0. The van der Waals surface area contributed by atoms with Crippen molar-refractivity contribution in [2.24, 2.45) is 0 Å². The Labute approximate surface area is 163 Å². The molecule has 0 aliphatic carbocycles. The first-order chi connectivity index (χ1) is 12.4. The van der Waals surface area contributed by atoms with Gasteiger partial charge in [0.1, 0.15) is 0 Å². The van der Waals surface area contributed by atoms with Crippen LogP contribution in [0.15, 0.2) is 36.5 Å². The van der Waals surface area contributed by atoms with Gasteiger partial charge in [-0.05, 0) is 50.1 Å². The molecule has 138 valence electrons. The summed E-state index contributed by atoms with van der Waals surface area (Å²) in [7, 11) is 0. The van der Waals surface area contributed by atoms with Crippen molar-refractivity contribution in [3.05, 3.63) is 52.1 Å². The maximum atomic E-state index is 13.2. The molecule has 2 aromatic rings. The lowest BCUT2D eigenvalue weighted by molar-refractivity contribution is -0.136. The largest absolute Gasteiger partial charge is 0.353 e. The lowest BCUT2D eigenvalue weighted by Gasteiger charge is -2.32. The van der Waals surface area contributed by atoms with E-state index in [9.17, 15) is 4.79 Å². The second-order valence-electron chi connectivity index (χ2n) is 6.97. The van der Waals surface area contributed by atoms with Crippen LogP contribution in [0.3, 0.4) is 0 Å². The highest BCUT2D eigenvalue weighted by molar-refractivity contribution is 6.42. The Morgan fingerprint density at radius 3 is 2.58 bits per heavy atom. The Morgan fingerprint density at radius 1 is 1.08 bits per heavy atom. The number of amides is 1. The van der Waals surface area contributed by atoms with Crippen LogP contribution in [0.2, 0.25) is 10.0 Å². The van der Waals surface area contributed by atoms with Gasteiger partial charge in [-0.25, -0.2) is 0 Å². The topological polar surface area (TPSA) is 49.3 Å². The van der Waals surface area contributed by atoms with E-state index in [1.54, 1.807) is 18.3 Å². The minimum absolute atomic E-state index is 0.0943. The molecule has 0 spiro atoms. The first kappa shape index (κ1) is 18.9. The number of benzene rings is 1. The van der Waals surface area contributed by atoms with Gasteiger partial charge < -0.3 is 9.80 Å². The number of rotatable bonds is 3. The molecule has 1 fully saturated rings. The van der Waals surface area contributed by atoms with Crippen LogP contribution in [0.25, 0.3) is 0 Å². The SMILES string of the molecule is CC(C)(C(=O)N1CCCN(c2cccnn2)CC1)c1ccc(Cl)c(Cl)c1. The van der Waals surface area contributed by atoms with E-state index in [1.165, 1.54) is 0 Å². The van der Waals surface area contributed by atoms with Crippen molar-refractivity contribution in [1.82, 2.24) is 15.1 Å². The fourth-order valence-corrected chi connectivity index (χ4v) is 3.51. The van der Waals surface area contributed by atoms with Crippen molar-refractivity contribution >= 4 is 34.9 Å². The molecule has 5 nitrogen and oxygen atoms in total. The molecule has 1 saturated heterocycles. The molecule has 2 heterocycles. The van der Waals surface area contributed by atoms with E-state index in [2.05, 4.69) is 15.1 Å². The highest BCUT2D eigenvalue weighted by Crippen LogP contribution is 2.31. The first-order valence-corrected chi connectivity index (χ1v) is 9.43. The zero-order valence-corrected chi connectivity index (χ0v) is 16.5. The lowest BCUT2D eigenvalue weighted by atomic mass is 9.83. The number of aromatic nitrogens is 2. The third kappa shape index (κ3) is 3.94. The number of carbonyl (C=O) groups excluding carboxylic acids is 1. The van der Waals surface area contributed by atoms with Gasteiger partial charge in [-0.3, -0.25) is 4.79 Å². The number of hydrogen-bond donors (Lipinski definition) is 0. The van der Waals surface area contributed by atoms with Gasteiger partial charge >= 0.3 is 0 Å². The lowest BCUT2D eigenvalue weighted by Crippen LogP contribution is -2.45. The summed E-state index contributed by atoms with van der Waals surface area (Å²) in [6.07, 6.45) is 2.55. The van der Waals surface area contributed by atoms with Crippen LogP contribution < -0.4 is 4.90 Å². The monoisotopic (exact) mass is 392 g/mol. The van der Waals surface area contributed by atoms with E-state index in [4.69, 9.17) is 23.2 Å². The van der Waals surface area contributed by atoms with E-state index in [1.807, 2.05) is 36.9 Å². The van der Waals surface area contributed by atoms with Crippen LogP contribution in [-0.2, 0) is 10.2 Å². The summed E-state index contributed by atoms with van der Waals surface area (Å²) >= 11 is 12.2. The summed E-state index contributed by atoms with van der Waals surface area (Å²) in [5, 5.41) is 9.08. The Hall–Kier alpha value is -1.85. The number of halogens is 2. The van der Waals surface area contributed by atoms with Crippen molar-refractivity contribution in [1.29, 1.82) is 0 Å². The Bertz CT molecular complexity index is 782. The maximum Gasteiger partial charge on any atom is 0.232 e. The quantitative estimate of drug-likeness (QED) is 0.796. The molecule has 0 bridgehead atoms. The zero-order chi connectivity index (χ0) is 18.7. The van der Waals surface area contributed by atoms with Crippen LogP contribution in [0.5, 0.6) is 0 Å². The molecule has 7 heteroatoms. The standard InChI is InChI=1S/C19H22Cl2N4O/c1-19(2,14-6-7-15(20)16(21)13-14)18(26)25-10-4-9-24(11-12-25)17-5-3-8-22-23-17/h3,5-8,13H,4,9-12H2,1-2H3. The fourth-order valence-electron chi connectivity index (χ4n) is 3.22. The van der Waals surface area contributed by atoms with E-state index in [0.29, 0.717) is 16.6 Å². The van der Waals surface area contributed by atoms with Crippen LogP contribution in [0.1, 0.15) is 25.8 Å². The van der Waals surface area contributed by atoms with Crippen LogP contribution in [0.4, 0.5) is 5.82 Å². The van der Waals surface area contributed by atoms with Crippen LogP contribution >= 0.6 is 23.2 Å². The molecule has 1 aliphatic rings. The number of carbonyl (C=O) groups is 1. The van der Waals surface area contributed by atoms with E-state index < -0.39 is 5.41 Å². The van der Waals surface area contributed by atoms with Crippen molar-refractivity contribution < 1.29 is 4.79 Å². The van der Waals surface area contributed by atoms with Gasteiger partial charge in [0.05, 0.1) is 15.5 Å². The van der Waals surface area contributed by atoms with Crippen LogP contribution in [0, 0.1) is 0 Å². The molecule has 0 saturated carbocycles. The molecular weight excluding hydrogens is 371 g/mol. The molecule has 0 radical (unpaired) electrons. The summed E-state index contributed by atoms with van der Waals surface area (Å²) in [5.74, 6) is 0.947. The Kier molecular flexibility index (Phi) is 5.68. The van der Waals surface area contributed by atoms with E-state index >= 15 is 0 Å². The number of anilines is 1. The third-order valence-electron chi connectivity index (χ3n) is 4.84. The van der Waals surface area contributed by atoms with Crippen molar-refractivity contribution in [2.75, 3.05) is 31.1 Å². The van der Waals surface area contributed by atoms with Crippen molar-refractivity contribution in [2.45, 2.75) is 25.7 Å². The predicted molar refractivity (Wildman–Crippen MR) is 105 cm³/mol. The molecular formula is C19H22Cl2N4O. The molecule has 0 N–H and O–H groups in total. The number of nitrogens with zero attached hydrogens (tertiary/aromatic N) is 4. The first-order valence-electron chi connectivity index (χ1n) is 8.67. The molecule has 0 unspecified atom stereocenters. The van der Waals surface area contributed by atoms with Gasteiger partial charge in [0.25, 0.3) is 0 Å². The molecule has 1 aliphatic heterocycles. The highest BCUT2D eigenvalue weighted by atomic mass is 35.5. The zero-order valence-electron chi connectivity index (χ0n) is 15.0. The number of hydrogen-bond acceptors (Lipinski definition) is 4. The van der Waals surface area contributed by atoms with Crippen molar-refractivity contribution in [3.8, 4) is 0 Å². The molecule has 1 aromatic heterocycles. The molecule has 3 rings (SSSR count). The van der Waals surface area contributed by atoms with E-state index in [-0.39, 0.29) is 5.91 Å². The average Bonchev–Trinajstić information content (AvgIpc) is 2.90. The van der Waals surface area contributed by atoms with Gasteiger partial charge in [0.15, 0.2) is 5.82 Å². The molecule has 1 amide bonds. The fraction of sp³-hybridized carbons (Fsp3) is 0.421. The van der Waals surface area contributed by atoms with E-state index in [0.717, 1.165) is 37.4 Å². The summed E-state index contributed by atoms with van der Waals surface area (Å²) in [4.78, 5) is 17.3. The summed E-state index contributed by atoms with van der Waals surface area (Å²) in [6.45, 7) is 6.83. The minimum atomic E-state index is -0.671. The minimum Gasteiger partial charge on any atom is -0.353 e. The normalized spacial score (nSPS) is 15.7. The average molecular weight is 393 g/mol. The van der Waals surface area contributed by atoms with Gasteiger partial charge in [0, 0.05) is 32.4 Å². The van der Waals surface area contributed by atoms with Gasteiger partial charge in [0.2, 0.25) is 5.91 Å². The summed E-state index contributed by atoms with van der Waals surface area (Å²) in [6, 6.07) is 9.22. The van der Waals surface area contributed by atoms with Crippen LogP contribution in [-0.4, -0.2) is 47.2 Å². The van der Waals surface area contributed by atoms with Gasteiger partial charge in [-0.15, -0.1) is 5.10 Å². The van der Waals surface area contributed by atoms with Gasteiger partial charge in [-0.1, -0.05) is 29.3 Å². The second kappa shape index (κ2) is 7.80. The predicted octanol–water partition coefficient (Wildman–Crippen LogP) is 3.80. The van der Waals surface area contributed by atoms with Gasteiger partial charge in [-0.2, -0.15) is 5.10 Å². The Balaban J connectivity index is 1.74. The van der Waals surface area contributed by atoms with Crippen molar-refractivity contribution in [3.63, 3.8) is 0 Å². The molecule has 0 atom stereocenters. The smallest absolute Gasteiger partial charge is 0.232 e. The Morgan fingerprint density at radius 2 is 1.88 bits per heavy atom. The molecule has 1 aromatic carbocycles. The maximum absolute atomic E-state index is 13.2. The summed E-state index contributed by atoms with van der Waals surface area (Å²) in [5.41, 5.74) is 0.197.